The van der Waals surface area contributed by atoms with Crippen LogP contribution in [-0.2, 0) is 0 Å². The van der Waals surface area contributed by atoms with Crippen LogP contribution in [0.1, 0.15) is 36.8 Å². The highest BCUT2D eigenvalue weighted by Gasteiger charge is 2.03. The van der Waals surface area contributed by atoms with Gasteiger partial charge in [0.2, 0.25) is 0 Å². The second kappa shape index (κ2) is 6.20. The van der Waals surface area contributed by atoms with E-state index in [1.807, 2.05) is 0 Å². The Labute approximate surface area is 110 Å². The molecule has 2 aromatic carbocycles. The predicted molar refractivity (Wildman–Crippen MR) is 78.9 cm³/mol. The Kier molecular flexibility index (Phi) is 4.35. The molecule has 0 N–H and O–H groups in total. The molecule has 0 heteroatoms. The van der Waals surface area contributed by atoms with Gasteiger partial charge < -0.3 is 0 Å². The molecule has 0 spiro atoms. The van der Waals surface area contributed by atoms with Crippen LogP contribution in [-0.4, -0.2) is 0 Å². The molecule has 2 unspecified atom stereocenters. The van der Waals surface area contributed by atoms with Crippen LogP contribution in [0.2, 0.25) is 0 Å². The minimum atomic E-state index is 0.470. The second-order valence-electron chi connectivity index (χ2n) is 4.78. The largest absolute Gasteiger partial charge is 0.0807 e. The van der Waals surface area contributed by atoms with Crippen LogP contribution < -0.4 is 0 Å². The van der Waals surface area contributed by atoms with Crippen molar-refractivity contribution in [3.63, 3.8) is 0 Å². The summed E-state index contributed by atoms with van der Waals surface area (Å²) < 4.78 is 0. The zero-order chi connectivity index (χ0) is 12.8. The lowest BCUT2D eigenvalue weighted by atomic mass is 9.96. The van der Waals surface area contributed by atoms with Gasteiger partial charge >= 0.3 is 0 Å². The predicted octanol–water partition coefficient (Wildman–Crippen LogP) is 5.15. The molecule has 0 aromatic heterocycles. The van der Waals surface area contributed by atoms with Crippen molar-refractivity contribution in [2.45, 2.75) is 25.7 Å². The highest BCUT2D eigenvalue weighted by Crippen LogP contribution is 2.20. The van der Waals surface area contributed by atoms with Crippen LogP contribution in [0.4, 0.5) is 0 Å². The van der Waals surface area contributed by atoms with Crippen molar-refractivity contribution in [1.82, 2.24) is 0 Å². The van der Waals surface area contributed by atoms with Gasteiger partial charge in [-0.1, -0.05) is 86.7 Å². The van der Waals surface area contributed by atoms with Crippen LogP contribution in [0.25, 0.3) is 0 Å². The maximum absolute atomic E-state index is 2.30. The van der Waals surface area contributed by atoms with Crippen LogP contribution in [0.3, 0.4) is 0 Å². The maximum atomic E-state index is 2.30. The molecule has 0 nitrogen and oxygen atoms in total. The van der Waals surface area contributed by atoms with Crippen molar-refractivity contribution < 1.29 is 0 Å². The Morgan fingerprint density at radius 2 is 0.944 bits per heavy atom. The standard InChI is InChI=1S/C18H20/c1-15(17-9-5-3-6-10-17)13-14-16(2)18-11-7-4-8-12-18/h3-16H,1-2H3/b14-13+. The lowest BCUT2D eigenvalue weighted by Crippen LogP contribution is -1.92. The van der Waals surface area contributed by atoms with Gasteiger partial charge in [-0.2, -0.15) is 0 Å². The van der Waals surface area contributed by atoms with E-state index < -0.39 is 0 Å². The molecule has 0 radical (unpaired) electrons. The Morgan fingerprint density at radius 3 is 1.28 bits per heavy atom. The third-order valence-corrected chi connectivity index (χ3v) is 3.34. The summed E-state index contributed by atoms with van der Waals surface area (Å²) >= 11 is 0. The zero-order valence-electron chi connectivity index (χ0n) is 11.1. The fraction of sp³-hybridized carbons (Fsp3) is 0.222. The molecule has 2 atom stereocenters. The molecule has 0 amide bonds. The number of benzene rings is 2. The fourth-order valence-corrected chi connectivity index (χ4v) is 2.07. The Balaban J connectivity index is 2.03. The molecule has 0 fully saturated rings. The van der Waals surface area contributed by atoms with Crippen LogP contribution in [0, 0.1) is 0 Å². The van der Waals surface area contributed by atoms with Gasteiger partial charge in [-0.3, -0.25) is 0 Å². The summed E-state index contributed by atoms with van der Waals surface area (Å²) in [6, 6.07) is 21.2. The van der Waals surface area contributed by atoms with E-state index in [9.17, 15) is 0 Å². The van der Waals surface area contributed by atoms with Crippen LogP contribution in [0.5, 0.6) is 0 Å². The fourth-order valence-electron chi connectivity index (χ4n) is 2.07. The van der Waals surface area contributed by atoms with Crippen molar-refractivity contribution in [2.75, 3.05) is 0 Å². The first kappa shape index (κ1) is 12.6. The van der Waals surface area contributed by atoms with Gasteiger partial charge in [0, 0.05) is 0 Å². The topological polar surface area (TPSA) is 0 Å². The highest BCUT2D eigenvalue weighted by atomic mass is 14.1. The van der Waals surface area contributed by atoms with E-state index in [1.54, 1.807) is 0 Å². The average Bonchev–Trinajstić information content (AvgIpc) is 2.46. The summed E-state index contributed by atoms with van der Waals surface area (Å²) in [5.41, 5.74) is 2.74. The van der Waals surface area contributed by atoms with Crippen molar-refractivity contribution >= 4 is 0 Å². The summed E-state index contributed by atoms with van der Waals surface area (Å²) in [6.07, 6.45) is 4.60. The zero-order valence-corrected chi connectivity index (χ0v) is 11.1. The van der Waals surface area contributed by atoms with Gasteiger partial charge in [0.25, 0.3) is 0 Å². The first-order valence-corrected chi connectivity index (χ1v) is 6.55. The van der Waals surface area contributed by atoms with Crippen LogP contribution >= 0.6 is 0 Å². The van der Waals surface area contributed by atoms with Crippen molar-refractivity contribution in [2.24, 2.45) is 0 Å². The lowest BCUT2D eigenvalue weighted by molar-refractivity contribution is 0.914. The molecule has 2 rings (SSSR count). The van der Waals surface area contributed by atoms with Gasteiger partial charge in [-0.15, -0.1) is 0 Å². The van der Waals surface area contributed by atoms with Gasteiger partial charge in [-0.25, -0.2) is 0 Å². The van der Waals surface area contributed by atoms with Crippen molar-refractivity contribution in [1.29, 1.82) is 0 Å². The minimum Gasteiger partial charge on any atom is -0.0807 e. The van der Waals surface area contributed by atoms with Gasteiger partial charge in [-0.05, 0) is 23.0 Å². The average molecular weight is 236 g/mol. The third-order valence-electron chi connectivity index (χ3n) is 3.34. The Hall–Kier alpha value is -1.82. The molecular weight excluding hydrogens is 216 g/mol. The number of allylic oxidation sites excluding steroid dienone is 2. The molecule has 92 valence electrons. The quantitative estimate of drug-likeness (QED) is 0.644. The number of hydrogen-bond donors (Lipinski definition) is 0. The molecule has 0 aliphatic rings. The molecule has 18 heavy (non-hydrogen) atoms. The number of rotatable bonds is 4. The summed E-state index contributed by atoms with van der Waals surface area (Å²) in [6.45, 7) is 4.48. The van der Waals surface area contributed by atoms with Crippen LogP contribution in [0.15, 0.2) is 72.8 Å². The number of hydrogen-bond acceptors (Lipinski definition) is 0. The normalized spacial score (nSPS) is 14.6. The van der Waals surface area contributed by atoms with Gasteiger partial charge in [0.05, 0.1) is 0 Å². The summed E-state index contributed by atoms with van der Waals surface area (Å²) in [7, 11) is 0. The molecule has 0 saturated heterocycles. The van der Waals surface area contributed by atoms with E-state index in [0.717, 1.165) is 0 Å². The monoisotopic (exact) mass is 236 g/mol. The molecule has 2 aromatic rings. The third kappa shape index (κ3) is 3.33. The summed E-state index contributed by atoms with van der Waals surface area (Å²) in [5.74, 6) is 0.940. The Morgan fingerprint density at radius 1 is 0.611 bits per heavy atom. The SMILES string of the molecule is CC(/C=C/C(C)c1ccccc1)c1ccccc1. The van der Waals surface area contributed by atoms with E-state index in [2.05, 4.69) is 86.7 Å². The lowest BCUT2D eigenvalue weighted by Gasteiger charge is -2.09. The summed E-state index contributed by atoms with van der Waals surface area (Å²) in [4.78, 5) is 0. The first-order chi connectivity index (χ1) is 8.77. The minimum absolute atomic E-state index is 0.470. The van der Waals surface area contributed by atoms with E-state index in [-0.39, 0.29) is 0 Å². The highest BCUT2D eigenvalue weighted by molar-refractivity contribution is 5.26. The second-order valence-corrected chi connectivity index (χ2v) is 4.78. The van der Waals surface area contributed by atoms with Gasteiger partial charge in [0.15, 0.2) is 0 Å². The summed E-state index contributed by atoms with van der Waals surface area (Å²) in [5, 5.41) is 0. The van der Waals surface area contributed by atoms with E-state index in [1.165, 1.54) is 11.1 Å². The van der Waals surface area contributed by atoms with Gasteiger partial charge in [0.1, 0.15) is 0 Å². The van der Waals surface area contributed by atoms with Crippen molar-refractivity contribution in [3.8, 4) is 0 Å². The molecule has 0 aliphatic heterocycles. The molecule has 0 aliphatic carbocycles. The van der Waals surface area contributed by atoms with E-state index in [4.69, 9.17) is 0 Å². The first-order valence-electron chi connectivity index (χ1n) is 6.55. The van der Waals surface area contributed by atoms with E-state index in [0.29, 0.717) is 11.8 Å². The molecular formula is C18H20. The molecule has 0 heterocycles. The Bertz CT molecular complexity index is 434. The van der Waals surface area contributed by atoms with Crippen molar-refractivity contribution in [3.05, 3.63) is 83.9 Å². The molecule has 0 saturated carbocycles. The molecule has 0 bridgehead atoms. The smallest absolute Gasteiger partial charge is 0.00102 e. The maximum Gasteiger partial charge on any atom is -0.00102 e. The van der Waals surface area contributed by atoms with E-state index >= 15 is 0 Å².